The summed E-state index contributed by atoms with van der Waals surface area (Å²) >= 11 is 0. The molecule has 0 radical (unpaired) electrons. The molecule has 2 aromatic rings. The third-order valence-electron chi connectivity index (χ3n) is 4.71. The first-order chi connectivity index (χ1) is 14.9. The molecule has 1 aromatic carbocycles. The van der Waals surface area contributed by atoms with Gasteiger partial charge in [0.2, 0.25) is 11.6 Å². The zero-order valence-corrected chi connectivity index (χ0v) is 16.3. The van der Waals surface area contributed by atoms with E-state index in [2.05, 4.69) is 20.8 Å². The maximum atomic E-state index is 12.4. The van der Waals surface area contributed by atoms with Gasteiger partial charge in [-0.15, -0.1) is 0 Å². The van der Waals surface area contributed by atoms with E-state index in [1.54, 1.807) is 4.90 Å². The number of nitrogens with one attached hydrogen (secondary N) is 2. The maximum absolute atomic E-state index is 12.4. The fraction of sp³-hybridized carbons (Fsp3) is 0.353. The van der Waals surface area contributed by atoms with Crippen LogP contribution in [0.15, 0.2) is 30.6 Å². The average Bonchev–Trinajstić information content (AvgIpc) is 2.77. The number of hydrazine groups is 1. The molecule has 1 aliphatic rings. The van der Waals surface area contributed by atoms with Crippen molar-refractivity contribution in [2.45, 2.75) is 0 Å². The zero-order valence-electron chi connectivity index (χ0n) is 16.3. The molecule has 164 valence electrons. The van der Waals surface area contributed by atoms with Crippen LogP contribution in [0.3, 0.4) is 0 Å². The number of para-hydroxylation sites is 1. The van der Waals surface area contributed by atoms with Crippen molar-refractivity contribution in [3.8, 4) is 0 Å². The van der Waals surface area contributed by atoms with Crippen molar-refractivity contribution in [2.24, 2.45) is 0 Å². The van der Waals surface area contributed by atoms with Gasteiger partial charge in [0.1, 0.15) is 11.9 Å². The second kappa shape index (κ2) is 9.73. The van der Waals surface area contributed by atoms with Gasteiger partial charge in [0.15, 0.2) is 0 Å². The molecule has 0 spiro atoms. The first kappa shape index (κ1) is 21.8. The SMILES string of the molecule is O=C(NNc1ncnc(N2CCN(CCO)CC2)c1[N+](=O)[O-])c1ccccc1[N+](=O)[O-]. The highest BCUT2D eigenvalue weighted by Gasteiger charge is 2.30. The monoisotopic (exact) mass is 432 g/mol. The number of carbonyl (C=O) groups excluding carboxylic acids is 1. The summed E-state index contributed by atoms with van der Waals surface area (Å²) in [4.78, 5) is 45.5. The van der Waals surface area contributed by atoms with Crippen LogP contribution < -0.4 is 15.8 Å². The molecule has 31 heavy (non-hydrogen) atoms. The van der Waals surface area contributed by atoms with Gasteiger partial charge in [-0.25, -0.2) is 9.97 Å². The Morgan fingerprint density at radius 3 is 2.45 bits per heavy atom. The highest BCUT2D eigenvalue weighted by Crippen LogP contribution is 2.32. The zero-order chi connectivity index (χ0) is 22.4. The number of hydrogen-bond donors (Lipinski definition) is 3. The lowest BCUT2D eigenvalue weighted by Crippen LogP contribution is -2.47. The average molecular weight is 432 g/mol. The summed E-state index contributed by atoms with van der Waals surface area (Å²) in [6, 6.07) is 5.32. The lowest BCUT2D eigenvalue weighted by atomic mass is 10.2. The van der Waals surface area contributed by atoms with Gasteiger partial charge in [0.05, 0.1) is 16.5 Å². The molecule has 1 amide bonds. The van der Waals surface area contributed by atoms with E-state index in [9.17, 15) is 25.0 Å². The molecular weight excluding hydrogens is 412 g/mol. The van der Waals surface area contributed by atoms with Gasteiger partial charge < -0.3 is 10.0 Å². The lowest BCUT2D eigenvalue weighted by Gasteiger charge is -2.34. The molecule has 14 nitrogen and oxygen atoms in total. The van der Waals surface area contributed by atoms with Gasteiger partial charge in [0, 0.05) is 38.8 Å². The minimum atomic E-state index is -0.848. The summed E-state index contributed by atoms with van der Waals surface area (Å²) in [5, 5.41) is 31.9. The molecular formula is C17H20N8O6. The van der Waals surface area contributed by atoms with E-state index >= 15 is 0 Å². The Morgan fingerprint density at radius 2 is 1.81 bits per heavy atom. The number of piperazine rings is 1. The Bertz CT molecular complexity index is 979. The van der Waals surface area contributed by atoms with Crippen LogP contribution >= 0.6 is 0 Å². The number of amides is 1. The van der Waals surface area contributed by atoms with Crippen LogP contribution in [0.5, 0.6) is 0 Å². The summed E-state index contributed by atoms with van der Waals surface area (Å²) in [6.07, 6.45) is 1.13. The van der Waals surface area contributed by atoms with Crippen LogP contribution in [0.25, 0.3) is 0 Å². The van der Waals surface area contributed by atoms with Crippen molar-refractivity contribution in [1.29, 1.82) is 0 Å². The number of anilines is 2. The smallest absolute Gasteiger partial charge is 0.355 e. The van der Waals surface area contributed by atoms with Crippen molar-refractivity contribution < 1.29 is 19.7 Å². The topological polar surface area (TPSA) is 180 Å². The van der Waals surface area contributed by atoms with Gasteiger partial charge in [-0.05, 0) is 6.07 Å². The molecule has 0 aliphatic carbocycles. The fourth-order valence-corrected chi connectivity index (χ4v) is 3.19. The largest absolute Gasteiger partial charge is 0.395 e. The van der Waals surface area contributed by atoms with E-state index in [0.717, 1.165) is 6.33 Å². The number of aliphatic hydroxyl groups excluding tert-OH is 1. The summed E-state index contributed by atoms with van der Waals surface area (Å²) < 4.78 is 0. The molecule has 1 fully saturated rings. The third kappa shape index (κ3) is 4.99. The first-order valence-corrected chi connectivity index (χ1v) is 9.29. The summed E-state index contributed by atoms with van der Waals surface area (Å²) in [6.45, 7) is 2.66. The summed E-state index contributed by atoms with van der Waals surface area (Å²) in [5.74, 6) is -1.01. The third-order valence-corrected chi connectivity index (χ3v) is 4.71. The molecule has 0 bridgehead atoms. The minimum Gasteiger partial charge on any atom is -0.395 e. The molecule has 3 N–H and O–H groups in total. The number of aromatic nitrogens is 2. The maximum Gasteiger partial charge on any atom is 0.355 e. The number of β-amino-alcohol motifs (C(OH)–C–C–N with tert-alkyl or cyclic N) is 1. The second-order valence-electron chi connectivity index (χ2n) is 6.56. The highest BCUT2D eigenvalue weighted by atomic mass is 16.6. The molecule has 2 heterocycles. The number of nitro groups is 2. The van der Waals surface area contributed by atoms with E-state index in [0.29, 0.717) is 32.7 Å². The molecule has 3 rings (SSSR count). The fourth-order valence-electron chi connectivity index (χ4n) is 3.19. The van der Waals surface area contributed by atoms with Crippen molar-refractivity contribution in [3.63, 3.8) is 0 Å². The van der Waals surface area contributed by atoms with Crippen LogP contribution in [0.4, 0.5) is 23.0 Å². The van der Waals surface area contributed by atoms with Crippen LogP contribution in [0, 0.1) is 20.2 Å². The highest BCUT2D eigenvalue weighted by molar-refractivity contribution is 5.98. The number of carbonyl (C=O) groups is 1. The minimum absolute atomic E-state index is 0.0288. The summed E-state index contributed by atoms with van der Waals surface area (Å²) in [7, 11) is 0. The second-order valence-corrected chi connectivity index (χ2v) is 6.56. The predicted molar refractivity (Wildman–Crippen MR) is 109 cm³/mol. The lowest BCUT2D eigenvalue weighted by molar-refractivity contribution is -0.385. The van der Waals surface area contributed by atoms with Crippen LogP contribution in [-0.4, -0.2) is 75.1 Å². The number of nitrogens with zero attached hydrogens (tertiary/aromatic N) is 6. The van der Waals surface area contributed by atoms with Crippen molar-refractivity contribution >= 4 is 28.9 Å². The van der Waals surface area contributed by atoms with E-state index < -0.39 is 27.1 Å². The number of aliphatic hydroxyl groups is 1. The normalized spacial score (nSPS) is 14.2. The van der Waals surface area contributed by atoms with E-state index in [-0.39, 0.29) is 23.8 Å². The van der Waals surface area contributed by atoms with Crippen molar-refractivity contribution in [3.05, 3.63) is 56.4 Å². The number of rotatable bonds is 8. The Balaban J connectivity index is 1.78. The van der Waals surface area contributed by atoms with Crippen molar-refractivity contribution in [2.75, 3.05) is 49.7 Å². The quantitative estimate of drug-likeness (QED) is 0.382. The molecule has 0 saturated carbocycles. The Labute approximate surface area is 175 Å². The Hall–Kier alpha value is -3.91. The van der Waals surface area contributed by atoms with Gasteiger partial charge in [-0.2, -0.15) is 0 Å². The van der Waals surface area contributed by atoms with Crippen LogP contribution in [0.2, 0.25) is 0 Å². The first-order valence-electron chi connectivity index (χ1n) is 9.29. The predicted octanol–water partition coefficient (Wildman–Crippen LogP) is 0.164. The number of benzene rings is 1. The summed E-state index contributed by atoms with van der Waals surface area (Å²) in [5.41, 5.74) is 3.56. The molecule has 1 aliphatic heterocycles. The van der Waals surface area contributed by atoms with Gasteiger partial charge in [0.25, 0.3) is 11.6 Å². The van der Waals surface area contributed by atoms with Gasteiger partial charge in [-0.3, -0.25) is 40.8 Å². The standard InChI is InChI=1S/C17H20N8O6/c26-10-9-22-5-7-23(8-6-22)16-14(25(30)31)15(18-11-19-16)20-21-17(27)12-3-1-2-4-13(12)24(28)29/h1-4,11,26H,5-10H2,(H,21,27)(H,18,19,20). The molecule has 0 atom stereocenters. The molecule has 14 heteroatoms. The number of hydrogen-bond acceptors (Lipinski definition) is 11. The Morgan fingerprint density at radius 1 is 1.10 bits per heavy atom. The van der Waals surface area contributed by atoms with Gasteiger partial charge >= 0.3 is 5.69 Å². The van der Waals surface area contributed by atoms with E-state index in [4.69, 9.17) is 5.11 Å². The molecule has 0 unspecified atom stereocenters. The van der Waals surface area contributed by atoms with Crippen LogP contribution in [-0.2, 0) is 0 Å². The van der Waals surface area contributed by atoms with Crippen LogP contribution in [0.1, 0.15) is 10.4 Å². The van der Waals surface area contributed by atoms with Gasteiger partial charge in [-0.1, -0.05) is 12.1 Å². The van der Waals surface area contributed by atoms with E-state index in [1.165, 1.54) is 24.3 Å². The van der Waals surface area contributed by atoms with Crippen molar-refractivity contribution in [1.82, 2.24) is 20.3 Å². The van der Waals surface area contributed by atoms with E-state index in [1.807, 2.05) is 4.90 Å². The molecule has 1 saturated heterocycles. The molecule has 1 aromatic heterocycles. The Kier molecular flexibility index (Phi) is 6.84. The number of nitro benzene ring substituents is 1.